The summed E-state index contributed by atoms with van der Waals surface area (Å²) in [4.78, 5) is 0. The van der Waals surface area contributed by atoms with Gasteiger partial charge in [-0.15, -0.1) is 0 Å². The molecule has 0 aromatic heterocycles. The third kappa shape index (κ3) is 1740. The van der Waals surface area contributed by atoms with Gasteiger partial charge in [0.15, 0.2) is 0 Å². The second kappa shape index (κ2) is 3980. The van der Waals surface area contributed by atoms with Crippen LogP contribution in [0.5, 0.6) is 0 Å². The normalized spacial score (nSPS) is 0. The van der Waals surface area contributed by atoms with Crippen molar-refractivity contribution in [3.8, 4) is 0 Å². The Kier molecular flexibility index (Phi) is 5050000. The van der Waals surface area contributed by atoms with E-state index < -0.39 is 0 Å². The molecule has 0 aromatic carbocycles. The average Bonchev–Trinajstić information content (AvgIpc) is 0. The van der Waals surface area contributed by atoms with Gasteiger partial charge in [-0.1, -0.05) is 0 Å². The molecule has 6 heavy (non-hydrogen) atoms. The summed E-state index contributed by atoms with van der Waals surface area (Å²) >= 11 is 0. The fourth-order valence-electron chi connectivity index (χ4n) is 0. The zero-order valence-corrected chi connectivity index (χ0v) is 3.08. The lowest BCUT2D eigenvalue weighted by Gasteiger charge is -0.413. The van der Waals surface area contributed by atoms with Crippen LogP contribution in [-0.4, -0.2) is 35.8 Å². The summed E-state index contributed by atoms with van der Waals surface area (Å²) in [6.45, 7) is 0. The van der Waals surface area contributed by atoms with E-state index in [-0.39, 0.29) is 35.8 Å². The number of hydrogen-bond acceptors (Lipinski definition) is 0. The van der Waals surface area contributed by atoms with Crippen LogP contribution in [-0.2, 0) is 0 Å². The van der Waals surface area contributed by atoms with Crippen LogP contribution in [0.15, 0.2) is 0 Å². The quantitative estimate of drug-likeness (QED) is 0.269. The first-order chi connectivity index (χ1) is 0. The monoisotopic (exact) mass is 101 g/mol. The molecule has 0 heterocycles. The summed E-state index contributed by atoms with van der Waals surface area (Å²) in [5.41, 5.74) is 0. The largest absolute Gasteiger partial charge is 0.412 e. The van der Waals surface area contributed by atoms with Crippen LogP contribution in [0.25, 0.3) is 0 Å². The Balaban J connectivity index is 0. The van der Waals surface area contributed by atoms with Gasteiger partial charge >= 0.3 is 0 Å². The highest BCUT2D eigenvalue weighted by Gasteiger charge is 0.0000123. The van der Waals surface area contributed by atoms with Crippen molar-refractivity contribution in [2.45, 2.75) is 0 Å². The smallest absolute Gasteiger partial charge is 0 e. The molecule has 6 heteroatoms. The lowest BCUT2D eigenvalue weighted by molar-refractivity contribution is 0.823. The third-order valence-corrected chi connectivity index (χ3v) is 0. The summed E-state index contributed by atoms with van der Waals surface area (Å²) in [6.07, 6.45) is 0. The highest BCUT2D eigenvalue weighted by molar-refractivity contribution is 5.75. The van der Waals surface area contributed by atoms with Crippen LogP contribution in [0.1, 0.15) is 0 Å². The predicted octanol–water partition coefficient (Wildman–Crippen LogP) is -4.50. The summed E-state index contributed by atoms with van der Waals surface area (Å²) in [5, 5.41) is 0. The molecule has 0 aliphatic carbocycles. The van der Waals surface area contributed by atoms with E-state index in [1.54, 1.807) is 0 Å². The molecule has 0 rings (SSSR count). The van der Waals surface area contributed by atoms with E-state index in [0.717, 1.165) is 0 Å². The first-order valence-electron chi connectivity index (χ1n) is 0. The highest BCUT2D eigenvalue weighted by Crippen LogP contribution is -0.285. The molecule has 0 unspecified atom stereocenters. The topological polar surface area (TPSA) is 158 Å². The van der Waals surface area contributed by atoms with Crippen LogP contribution in [0.2, 0.25) is 0 Å². The Morgan fingerprint density at radius 1 is 0.333 bits per heavy atom. The maximum atomic E-state index is 0. The van der Waals surface area contributed by atoms with Crippen molar-refractivity contribution in [3.05, 3.63) is 0 Å². The second-order valence-electron chi connectivity index (χ2n) is 0. The van der Waals surface area contributed by atoms with Crippen LogP contribution >= 0.6 is 0 Å². The van der Waals surface area contributed by atoms with Gasteiger partial charge in [0.05, 0.1) is 0 Å². The third-order valence-electron chi connectivity index (χ3n) is 0. The molecule has 10 N–H and O–H groups in total. The van der Waals surface area contributed by atoms with E-state index in [2.05, 4.69) is 0 Å². The first-order valence-corrected chi connectivity index (χ1v) is 0. The Bertz CT molecular complexity index is 3.90. The van der Waals surface area contributed by atoms with Gasteiger partial charge in [-0.2, -0.15) is 0 Å². The van der Waals surface area contributed by atoms with Crippen molar-refractivity contribution in [2.24, 2.45) is 0 Å². The molecule has 0 spiro atoms. The molecule has 0 aliphatic rings. The minimum atomic E-state index is 0. The predicted molar refractivity (Wildman–Crippen MR) is 23.8 cm³/mol. The standard InChI is InChI=1S/B.5H2O/h;5*1H2. The molecule has 43 valence electrons. The second-order valence-corrected chi connectivity index (χ2v) is 0. The Morgan fingerprint density at radius 2 is 0.333 bits per heavy atom. The highest BCUT2D eigenvalue weighted by atomic mass is 16.0. The van der Waals surface area contributed by atoms with Gasteiger partial charge in [0.2, 0.25) is 0 Å². The Labute approximate surface area is 37.1 Å². The van der Waals surface area contributed by atoms with Crippen molar-refractivity contribution < 1.29 is 27.4 Å². The Hall–Kier alpha value is -0.135. The Morgan fingerprint density at radius 3 is 0.333 bits per heavy atom. The van der Waals surface area contributed by atoms with Crippen molar-refractivity contribution in [3.63, 3.8) is 0 Å². The number of rotatable bonds is 0. The molecular weight excluding hydrogens is 90.8 g/mol. The lowest BCUT2D eigenvalue weighted by Crippen LogP contribution is -0.381. The lowest BCUT2D eigenvalue weighted by atomic mass is 10.8. The van der Waals surface area contributed by atoms with E-state index in [1.165, 1.54) is 0 Å². The average molecular weight is 101 g/mol. The summed E-state index contributed by atoms with van der Waals surface area (Å²) in [7, 11) is 0. The fraction of sp³-hybridized carbons (Fsp3) is 0. The minimum absolute atomic E-state index is 0. The van der Waals surface area contributed by atoms with Gasteiger partial charge in [-0.25, -0.2) is 0 Å². The van der Waals surface area contributed by atoms with Gasteiger partial charge in [0.1, 0.15) is 0 Å². The molecule has 0 aliphatic heterocycles. The van der Waals surface area contributed by atoms with Crippen molar-refractivity contribution >= 4 is 8.41 Å². The number of hydrogen-bond donors (Lipinski definition) is 0. The molecule has 3 radical (unpaired) electrons. The molecule has 0 saturated carbocycles. The first kappa shape index (κ1) is 7610. The maximum Gasteiger partial charge on any atom is 0 e. The van der Waals surface area contributed by atoms with Crippen LogP contribution in [0.4, 0.5) is 0 Å². The molecule has 0 saturated heterocycles. The van der Waals surface area contributed by atoms with Gasteiger partial charge in [-0.3, -0.25) is 0 Å². The zero-order chi connectivity index (χ0) is 0. The summed E-state index contributed by atoms with van der Waals surface area (Å²) in [5.74, 6) is 0. The van der Waals surface area contributed by atoms with E-state index in [4.69, 9.17) is 0 Å². The molecular formula is H10BO5. The van der Waals surface area contributed by atoms with Crippen LogP contribution in [0, 0.1) is 0 Å². The van der Waals surface area contributed by atoms with Gasteiger partial charge in [-0.05, 0) is 0 Å². The summed E-state index contributed by atoms with van der Waals surface area (Å²) < 4.78 is 0. The maximum absolute atomic E-state index is 0. The fourth-order valence-corrected chi connectivity index (χ4v) is 0. The minimum Gasteiger partial charge on any atom is -0.412 e. The van der Waals surface area contributed by atoms with Gasteiger partial charge in [0, 0.05) is 8.41 Å². The van der Waals surface area contributed by atoms with Crippen molar-refractivity contribution in [1.29, 1.82) is 0 Å². The van der Waals surface area contributed by atoms with Crippen molar-refractivity contribution in [1.82, 2.24) is 0 Å². The van der Waals surface area contributed by atoms with Crippen LogP contribution in [0.3, 0.4) is 0 Å². The van der Waals surface area contributed by atoms with E-state index >= 15 is 0 Å². The van der Waals surface area contributed by atoms with E-state index in [1.807, 2.05) is 0 Å². The van der Waals surface area contributed by atoms with Crippen LogP contribution < -0.4 is 0 Å². The molecule has 0 bridgehead atoms. The summed E-state index contributed by atoms with van der Waals surface area (Å²) in [6, 6.07) is 0. The zero-order valence-electron chi connectivity index (χ0n) is 3.08. The van der Waals surface area contributed by atoms with E-state index in [0.29, 0.717) is 0 Å². The molecule has 0 atom stereocenters. The van der Waals surface area contributed by atoms with E-state index in [9.17, 15) is 0 Å². The van der Waals surface area contributed by atoms with Crippen molar-refractivity contribution in [2.75, 3.05) is 0 Å². The SMILES string of the molecule is O.O.O.O.O.[B]. The van der Waals surface area contributed by atoms with Gasteiger partial charge < -0.3 is 27.4 Å². The molecule has 0 aromatic rings. The molecule has 0 amide bonds. The molecule has 0 fully saturated rings. The molecule has 5 nitrogen and oxygen atoms in total. The van der Waals surface area contributed by atoms with Gasteiger partial charge in [0.25, 0.3) is 0 Å².